The Kier molecular flexibility index (Phi) is 5.18. The number of fused-ring (bicyclic) bond motifs is 1. The van der Waals surface area contributed by atoms with Gasteiger partial charge in [0.25, 0.3) is 0 Å². The van der Waals surface area contributed by atoms with Crippen LogP contribution in [0.15, 0.2) is 18.2 Å². The molecule has 110 valence electrons. The summed E-state index contributed by atoms with van der Waals surface area (Å²) in [5.41, 5.74) is 4.19. The van der Waals surface area contributed by atoms with E-state index in [1.807, 2.05) is 0 Å². The summed E-state index contributed by atoms with van der Waals surface area (Å²) in [6, 6.07) is 6.68. The Bertz CT molecular complexity index is 468. The molecule has 1 unspecified atom stereocenters. The Balaban J connectivity index is 2.00. The van der Waals surface area contributed by atoms with Crippen LogP contribution in [0, 0.1) is 5.92 Å². The predicted octanol–water partition coefficient (Wildman–Crippen LogP) is 2.81. The molecule has 3 nitrogen and oxygen atoms in total. The SMILES string of the molecule is CC(C)CNC(CC(=O)O)Cc1ccc2c(c1)CCC2. The Morgan fingerprint density at radius 2 is 2.05 bits per heavy atom. The highest BCUT2D eigenvalue weighted by Crippen LogP contribution is 2.23. The van der Waals surface area contributed by atoms with E-state index in [0.717, 1.165) is 13.0 Å². The van der Waals surface area contributed by atoms with Crippen molar-refractivity contribution in [1.82, 2.24) is 5.32 Å². The molecule has 1 aromatic rings. The van der Waals surface area contributed by atoms with Gasteiger partial charge in [-0.2, -0.15) is 0 Å². The third kappa shape index (κ3) is 4.34. The van der Waals surface area contributed by atoms with Crippen molar-refractivity contribution in [3.63, 3.8) is 0 Å². The third-order valence-electron chi connectivity index (χ3n) is 3.88. The number of rotatable bonds is 7. The Labute approximate surface area is 121 Å². The summed E-state index contributed by atoms with van der Waals surface area (Å²) in [4.78, 5) is 11.0. The highest BCUT2D eigenvalue weighted by molar-refractivity contribution is 5.67. The molecule has 1 aromatic carbocycles. The molecule has 0 fully saturated rings. The van der Waals surface area contributed by atoms with Crippen LogP contribution in [0.1, 0.15) is 43.4 Å². The fraction of sp³-hybridized carbons (Fsp3) is 0.588. The fourth-order valence-electron chi connectivity index (χ4n) is 2.87. The van der Waals surface area contributed by atoms with Crippen molar-refractivity contribution in [3.8, 4) is 0 Å². The number of carbonyl (C=O) groups is 1. The van der Waals surface area contributed by atoms with Gasteiger partial charge < -0.3 is 10.4 Å². The normalized spacial score (nSPS) is 15.3. The number of carboxylic acids is 1. The second-order valence-corrected chi connectivity index (χ2v) is 6.26. The second kappa shape index (κ2) is 6.89. The summed E-state index contributed by atoms with van der Waals surface area (Å²) < 4.78 is 0. The average molecular weight is 275 g/mol. The van der Waals surface area contributed by atoms with E-state index in [2.05, 4.69) is 37.4 Å². The van der Waals surface area contributed by atoms with Crippen molar-refractivity contribution >= 4 is 5.97 Å². The largest absolute Gasteiger partial charge is 0.481 e. The van der Waals surface area contributed by atoms with Gasteiger partial charge >= 0.3 is 5.97 Å². The Morgan fingerprint density at radius 3 is 2.75 bits per heavy atom. The average Bonchev–Trinajstić information content (AvgIpc) is 2.82. The van der Waals surface area contributed by atoms with Crippen LogP contribution in [0.3, 0.4) is 0 Å². The van der Waals surface area contributed by atoms with E-state index in [-0.39, 0.29) is 12.5 Å². The minimum absolute atomic E-state index is 0.0225. The molecule has 3 heteroatoms. The van der Waals surface area contributed by atoms with Gasteiger partial charge in [0.05, 0.1) is 6.42 Å². The molecule has 0 radical (unpaired) electrons. The molecule has 2 N–H and O–H groups in total. The van der Waals surface area contributed by atoms with Crippen LogP contribution < -0.4 is 5.32 Å². The van der Waals surface area contributed by atoms with E-state index in [4.69, 9.17) is 5.11 Å². The molecule has 0 saturated heterocycles. The molecule has 0 aliphatic heterocycles. The summed E-state index contributed by atoms with van der Waals surface area (Å²) in [5.74, 6) is -0.196. The molecule has 0 amide bonds. The first-order valence-corrected chi connectivity index (χ1v) is 7.60. The van der Waals surface area contributed by atoms with E-state index >= 15 is 0 Å². The van der Waals surface area contributed by atoms with E-state index in [0.29, 0.717) is 5.92 Å². The summed E-state index contributed by atoms with van der Waals surface area (Å²) in [6.07, 6.45) is 4.60. The molecule has 0 heterocycles. The van der Waals surface area contributed by atoms with Gasteiger partial charge in [-0.05, 0) is 54.8 Å². The van der Waals surface area contributed by atoms with Crippen LogP contribution in [0.5, 0.6) is 0 Å². The lowest BCUT2D eigenvalue weighted by Gasteiger charge is -2.19. The zero-order chi connectivity index (χ0) is 14.5. The van der Waals surface area contributed by atoms with Gasteiger partial charge in [-0.25, -0.2) is 0 Å². The number of nitrogens with one attached hydrogen (secondary N) is 1. The van der Waals surface area contributed by atoms with Gasteiger partial charge in [-0.1, -0.05) is 32.0 Å². The molecule has 20 heavy (non-hydrogen) atoms. The summed E-state index contributed by atoms with van der Waals surface area (Å²) in [6.45, 7) is 5.14. The summed E-state index contributed by atoms with van der Waals surface area (Å²) >= 11 is 0. The van der Waals surface area contributed by atoms with Crippen LogP contribution >= 0.6 is 0 Å². The minimum Gasteiger partial charge on any atom is -0.481 e. The number of aryl methyl sites for hydroxylation is 2. The lowest BCUT2D eigenvalue weighted by Crippen LogP contribution is -2.35. The monoisotopic (exact) mass is 275 g/mol. The van der Waals surface area contributed by atoms with Crippen molar-refractivity contribution in [2.45, 2.75) is 52.0 Å². The maximum absolute atomic E-state index is 11.0. The van der Waals surface area contributed by atoms with Crippen molar-refractivity contribution in [3.05, 3.63) is 34.9 Å². The third-order valence-corrected chi connectivity index (χ3v) is 3.88. The highest BCUT2D eigenvalue weighted by atomic mass is 16.4. The number of benzene rings is 1. The molecule has 1 atom stereocenters. The molecule has 0 aromatic heterocycles. The van der Waals surface area contributed by atoms with Crippen LogP contribution in [-0.4, -0.2) is 23.7 Å². The topological polar surface area (TPSA) is 49.3 Å². The fourth-order valence-corrected chi connectivity index (χ4v) is 2.87. The highest BCUT2D eigenvalue weighted by Gasteiger charge is 2.16. The molecule has 2 rings (SSSR count). The predicted molar refractivity (Wildman–Crippen MR) is 81.1 cm³/mol. The Hall–Kier alpha value is -1.35. The van der Waals surface area contributed by atoms with Crippen molar-refractivity contribution in [2.75, 3.05) is 6.54 Å². The molecular formula is C17H25NO2. The van der Waals surface area contributed by atoms with Gasteiger partial charge in [0, 0.05) is 6.04 Å². The number of hydrogen-bond acceptors (Lipinski definition) is 2. The molecular weight excluding hydrogens is 250 g/mol. The van der Waals surface area contributed by atoms with E-state index in [1.54, 1.807) is 0 Å². The van der Waals surface area contributed by atoms with Gasteiger partial charge in [0.2, 0.25) is 0 Å². The maximum atomic E-state index is 11.0. The minimum atomic E-state index is -0.729. The first-order valence-electron chi connectivity index (χ1n) is 7.60. The van der Waals surface area contributed by atoms with Gasteiger partial charge in [0.1, 0.15) is 0 Å². The maximum Gasteiger partial charge on any atom is 0.304 e. The quantitative estimate of drug-likeness (QED) is 0.804. The lowest BCUT2D eigenvalue weighted by atomic mass is 9.99. The zero-order valence-electron chi connectivity index (χ0n) is 12.5. The molecule has 1 aliphatic rings. The van der Waals surface area contributed by atoms with Gasteiger partial charge in [0.15, 0.2) is 0 Å². The molecule has 0 saturated carbocycles. The van der Waals surface area contributed by atoms with Crippen molar-refractivity contribution in [1.29, 1.82) is 0 Å². The number of hydrogen-bond donors (Lipinski definition) is 2. The standard InChI is InChI=1S/C17H25NO2/c1-12(2)11-18-16(10-17(19)20)9-13-6-7-14-4-3-5-15(14)8-13/h6-8,12,16,18H,3-5,9-11H2,1-2H3,(H,19,20). The lowest BCUT2D eigenvalue weighted by molar-refractivity contribution is -0.137. The molecule has 1 aliphatic carbocycles. The molecule has 0 spiro atoms. The number of aliphatic carboxylic acids is 1. The van der Waals surface area contributed by atoms with Crippen LogP contribution in [0.4, 0.5) is 0 Å². The second-order valence-electron chi connectivity index (χ2n) is 6.26. The van der Waals surface area contributed by atoms with Crippen LogP contribution in [-0.2, 0) is 24.1 Å². The van der Waals surface area contributed by atoms with Crippen molar-refractivity contribution < 1.29 is 9.90 Å². The van der Waals surface area contributed by atoms with E-state index in [1.165, 1.54) is 36.0 Å². The number of carboxylic acid groups (broad SMARTS) is 1. The van der Waals surface area contributed by atoms with E-state index < -0.39 is 5.97 Å². The van der Waals surface area contributed by atoms with Gasteiger partial charge in [-0.15, -0.1) is 0 Å². The Morgan fingerprint density at radius 1 is 1.30 bits per heavy atom. The van der Waals surface area contributed by atoms with Crippen LogP contribution in [0.2, 0.25) is 0 Å². The summed E-state index contributed by atoms with van der Waals surface area (Å²) in [5, 5.41) is 12.4. The zero-order valence-corrected chi connectivity index (χ0v) is 12.5. The van der Waals surface area contributed by atoms with Gasteiger partial charge in [-0.3, -0.25) is 4.79 Å². The smallest absolute Gasteiger partial charge is 0.304 e. The van der Waals surface area contributed by atoms with Crippen LogP contribution in [0.25, 0.3) is 0 Å². The van der Waals surface area contributed by atoms with Crippen molar-refractivity contribution in [2.24, 2.45) is 5.92 Å². The first-order chi connectivity index (χ1) is 9.54. The van der Waals surface area contributed by atoms with E-state index in [9.17, 15) is 4.79 Å². The first kappa shape index (κ1) is 15.0. The summed E-state index contributed by atoms with van der Waals surface area (Å²) in [7, 11) is 0. The molecule has 0 bridgehead atoms.